The van der Waals surface area contributed by atoms with Gasteiger partial charge in [-0.3, -0.25) is 24.1 Å². The molecule has 2 fully saturated rings. The maximum atomic E-state index is 12.4. The van der Waals surface area contributed by atoms with Gasteiger partial charge in [-0.1, -0.05) is 45.7 Å². The number of esters is 1. The molecule has 1 aromatic rings. The number of benzene rings is 1. The first-order valence-electron chi connectivity index (χ1n) is 10.1. The smallest absolute Gasteiger partial charge is 0.326 e. The van der Waals surface area contributed by atoms with Crippen molar-refractivity contribution in [1.29, 1.82) is 0 Å². The number of nitrogens with zero attached hydrogens (tertiary/aromatic N) is 1. The first-order valence-corrected chi connectivity index (χ1v) is 10.1. The number of carbonyl (C=O) groups excluding carboxylic acids is 4. The van der Waals surface area contributed by atoms with Crippen LogP contribution in [0.5, 0.6) is 0 Å². The van der Waals surface area contributed by atoms with E-state index in [0.717, 1.165) is 23.3 Å². The first kappa shape index (κ1) is 21.0. The Hall–Kier alpha value is -2.70. The van der Waals surface area contributed by atoms with Crippen LogP contribution in [0.3, 0.4) is 0 Å². The number of rotatable bonds is 5. The molecule has 0 spiro atoms. The molecule has 2 atom stereocenters. The van der Waals surface area contributed by atoms with Crippen molar-refractivity contribution in [3.63, 3.8) is 0 Å². The first-order chi connectivity index (χ1) is 13.7. The summed E-state index contributed by atoms with van der Waals surface area (Å²) in [5.41, 5.74) is 1.76. The molecule has 2 aliphatic rings. The highest BCUT2D eigenvalue weighted by Gasteiger charge is 2.48. The third-order valence-electron chi connectivity index (χ3n) is 5.62. The second kappa shape index (κ2) is 8.35. The highest BCUT2D eigenvalue weighted by atomic mass is 16.5. The summed E-state index contributed by atoms with van der Waals surface area (Å²) in [6.45, 7) is 5.40. The van der Waals surface area contributed by atoms with Gasteiger partial charge in [0.05, 0.1) is 11.8 Å². The van der Waals surface area contributed by atoms with Crippen molar-refractivity contribution >= 4 is 29.4 Å². The molecule has 3 rings (SSSR count). The van der Waals surface area contributed by atoms with E-state index >= 15 is 0 Å². The van der Waals surface area contributed by atoms with Crippen LogP contribution in [0.15, 0.2) is 24.3 Å². The number of hydrogen-bond acceptors (Lipinski definition) is 5. The number of imide groups is 1. The minimum Gasteiger partial charge on any atom is -0.454 e. The molecule has 1 saturated carbocycles. The average Bonchev–Trinajstić information content (AvgIpc) is 2.91. The van der Waals surface area contributed by atoms with Crippen LogP contribution in [0.2, 0.25) is 0 Å². The van der Waals surface area contributed by atoms with Gasteiger partial charge in [-0.15, -0.1) is 0 Å². The number of nitrogens with one attached hydrogen (secondary N) is 1. The molecule has 1 saturated heterocycles. The van der Waals surface area contributed by atoms with Crippen LogP contribution < -0.4 is 5.32 Å². The van der Waals surface area contributed by atoms with E-state index in [1.807, 2.05) is 12.1 Å². The summed E-state index contributed by atoms with van der Waals surface area (Å²) in [5.74, 6) is -2.43. The van der Waals surface area contributed by atoms with Gasteiger partial charge in [0, 0.05) is 5.69 Å². The topological polar surface area (TPSA) is 92.8 Å². The molecule has 0 aromatic heterocycles. The number of fused-ring (bicyclic) bond motifs is 1. The van der Waals surface area contributed by atoms with Crippen molar-refractivity contribution in [3.8, 4) is 0 Å². The fraction of sp³-hybridized carbons (Fsp3) is 0.545. The van der Waals surface area contributed by atoms with Gasteiger partial charge >= 0.3 is 5.97 Å². The molecular weight excluding hydrogens is 372 g/mol. The van der Waals surface area contributed by atoms with E-state index < -0.39 is 25.0 Å². The lowest BCUT2D eigenvalue weighted by Crippen LogP contribution is -2.37. The van der Waals surface area contributed by atoms with Crippen LogP contribution in [-0.4, -0.2) is 41.7 Å². The molecule has 7 heteroatoms. The van der Waals surface area contributed by atoms with Gasteiger partial charge < -0.3 is 10.1 Å². The lowest BCUT2D eigenvalue weighted by molar-refractivity contribution is -0.154. The number of anilines is 1. The molecule has 1 aromatic carbocycles. The Kier molecular flexibility index (Phi) is 6.05. The molecule has 7 nitrogen and oxygen atoms in total. The lowest BCUT2D eigenvalue weighted by Gasteiger charge is -2.19. The number of likely N-dealkylation sites (tertiary alicyclic amines) is 1. The molecule has 1 heterocycles. The number of hydrogen-bond donors (Lipinski definition) is 1. The van der Waals surface area contributed by atoms with Crippen molar-refractivity contribution in [3.05, 3.63) is 29.8 Å². The summed E-state index contributed by atoms with van der Waals surface area (Å²) in [5, 5.41) is 2.66. The van der Waals surface area contributed by atoms with Crippen LogP contribution in [-0.2, 0) is 29.3 Å². The van der Waals surface area contributed by atoms with Crippen LogP contribution in [0.4, 0.5) is 5.69 Å². The maximum absolute atomic E-state index is 12.4. The minimum absolute atomic E-state index is 0.0139. The van der Waals surface area contributed by atoms with Crippen molar-refractivity contribution in [1.82, 2.24) is 4.90 Å². The van der Waals surface area contributed by atoms with E-state index in [1.165, 1.54) is 0 Å². The fourth-order valence-electron chi connectivity index (χ4n) is 3.96. The second-order valence-electron chi connectivity index (χ2n) is 8.80. The van der Waals surface area contributed by atoms with Gasteiger partial charge in [-0.05, 0) is 36.0 Å². The molecule has 1 aliphatic heterocycles. The Labute approximate surface area is 170 Å². The highest BCUT2D eigenvalue weighted by Crippen LogP contribution is 2.37. The van der Waals surface area contributed by atoms with Crippen molar-refractivity contribution in [2.45, 2.75) is 51.9 Å². The Morgan fingerprint density at radius 2 is 1.59 bits per heavy atom. The SMILES string of the molecule is CC(C)(C)c1ccc(NC(=O)COC(=O)CN2C(=O)C3CCCCC3C2=O)cc1. The van der Waals surface area contributed by atoms with E-state index in [2.05, 4.69) is 26.1 Å². The van der Waals surface area contributed by atoms with Crippen LogP contribution in [0, 0.1) is 11.8 Å². The van der Waals surface area contributed by atoms with Crippen molar-refractivity contribution in [2.24, 2.45) is 11.8 Å². The predicted octanol–water partition coefficient (Wildman–Crippen LogP) is 2.64. The Balaban J connectivity index is 1.47. The number of ether oxygens (including phenoxy) is 1. The molecule has 1 N–H and O–H groups in total. The summed E-state index contributed by atoms with van der Waals surface area (Å²) in [7, 11) is 0. The Morgan fingerprint density at radius 1 is 1.03 bits per heavy atom. The molecule has 1 aliphatic carbocycles. The third kappa shape index (κ3) is 4.83. The summed E-state index contributed by atoms with van der Waals surface area (Å²) >= 11 is 0. The van der Waals surface area contributed by atoms with Gasteiger partial charge in [-0.2, -0.15) is 0 Å². The maximum Gasteiger partial charge on any atom is 0.326 e. The van der Waals surface area contributed by atoms with E-state index in [4.69, 9.17) is 4.74 Å². The van der Waals surface area contributed by atoms with Gasteiger partial charge in [0.15, 0.2) is 6.61 Å². The predicted molar refractivity (Wildman–Crippen MR) is 107 cm³/mol. The largest absolute Gasteiger partial charge is 0.454 e. The molecule has 2 unspecified atom stereocenters. The Bertz CT molecular complexity index is 785. The molecule has 156 valence electrons. The summed E-state index contributed by atoms with van der Waals surface area (Å²) in [6.07, 6.45) is 3.24. The quantitative estimate of drug-likeness (QED) is 0.606. The number of amides is 3. The summed E-state index contributed by atoms with van der Waals surface area (Å²) < 4.78 is 4.97. The summed E-state index contributed by atoms with van der Waals surface area (Å²) in [6, 6.07) is 7.46. The molecule has 0 bridgehead atoms. The van der Waals surface area contributed by atoms with Crippen LogP contribution in [0.25, 0.3) is 0 Å². The normalized spacial score (nSPS) is 21.7. The zero-order valence-corrected chi connectivity index (χ0v) is 17.2. The fourth-order valence-corrected chi connectivity index (χ4v) is 3.96. The van der Waals surface area contributed by atoms with E-state index in [0.29, 0.717) is 18.5 Å². The van der Waals surface area contributed by atoms with E-state index in [9.17, 15) is 19.2 Å². The van der Waals surface area contributed by atoms with E-state index in [1.54, 1.807) is 12.1 Å². The van der Waals surface area contributed by atoms with Crippen LogP contribution >= 0.6 is 0 Å². The highest BCUT2D eigenvalue weighted by molar-refractivity contribution is 6.07. The van der Waals surface area contributed by atoms with Gasteiger partial charge in [0.25, 0.3) is 5.91 Å². The molecule has 29 heavy (non-hydrogen) atoms. The summed E-state index contributed by atoms with van der Waals surface area (Å²) in [4.78, 5) is 49.8. The van der Waals surface area contributed by atoms with Crippen LogP contribution in [0.1, 0.15) is 52.0 Å². The Morgan fingerprint density at radius 3 is 2.10 bits per heavy atom. The molecular formula is C22H28N2O5. The van der Waals surface area contributed by atoms with Gasteiger partial charge in [0.1, 0.15) is 6.54 Å². The zero-order chi connectivity index (χ0) is 21.2. The number of carbonyl (C=O) groups is 4. The lowest BCUT2D eigenvalue weighted by atomic mass is 9.81. The molecule has 3 amide bonds. The monoisotopic (exact) mass is 400 g/mol. The van der Waals surface area contributed by atoms with Crippen molar-refractivity contribution < 1.29 is 23.9 Å². The minimum atomic E-state index is -0.761. The second-order valence-corrected chi connectivity index (χ2v) is 8.80. The van der Waals surface area contributed by atoms with Gasteiger partial charge in [-0.25, -0.2) is 0 Å². The third-order valence-corrected chi connectivity index (χ3v) is 5.62. The zero-order valence-electron chi connectivity index (χ0n) is 17.2. The molecule has 0 radical (unpaired) electrons. The van der Waals surface area contributed by atoms with Crippen molar-refractivity contribution in [2.75, 3.05) is 18.5 Å². The van der Waals surface area contributed by atoms with E-state index in [-0.39, 0.29) is 29.1 Å². The van der Waals surface area contributed by atoms with Gasteiger partial charge in [0.2, 0.25) is 11.8 Å². The average molecular weight is 400 g/mol. The standard InChI is InChI=1S/C22H28N2O5/c1-22(2,3)14-8-10-15(11-9-14)23-18(25)13-29-19(26)12-24-20(27)16-6-4-5-7-17(16)21(24)28/h8-11,16-17H,4-7,12-13H2,1-3H3,(H,23,25).